The number of aromatic nitrogens is 3. The van der Waals surface area contributed by atoms with E-state index in [1.807, 2.05) is 6.07 Å². The Labute approximate surface area is 173 Å². The van der Waals surface area contributed by atoms with Gasteiger partial charge in [0.25, 0.3) is 0 Å². The summed E-state index contributed by atoms with van der Waals surface area (Å²) in [4.78, 5) is 15.5. The summed E-state index contributed by atoms with van der Waals surface area (Å²) in [6.07, 6.45) is 4.94. The lowest BCUT2D eigenvalue weighted by Gasteiger charge is -2.26. The molecule has 3 aromatic rings. The first-order chi connectivity index (χ1) is 14.7. The predicted molar refractivity (Wildman–Crippen MR) is 115 cm³/mol. The van der Waals surface area contributed by atoms with Gasteiger partial charge in [-0.3, -0.25) is 0 Å². The number of phenols is 1. The van der Waals surface area contributed by atoms with E-state index in [0.29, 0.717) is 17.6 Å². The molecule has 1 fully saturated rings. The van der Waals surface area contributed by atoms with Crippen LogP contribution in [-0.4, -0.2) is 39.4 Å². The molecule has 1 aromatic heterocycles. The Kier molecular flexibility index (Phi) is 5.98. The molecule has 9 heteroatoms. The van der Waals surface area contributed by atoms with Crippen molar-refractivity contribution in [1.82, 2.24) is 15.0 Å². The van der Waals surface area contributed by atoms with Crippen LogP contribution in [0.1, 0.15) is 24.8 Å². The number of nitrogens with zero attached hydrogens (tertiary/aromatic N) is 5. The number of anilines is 4. The average molecular weight is 407 g/mol. The summed E-state index contributed by atoms with van der Waals surface area (Å²) in [6, 6.07) is 12.7. The second kappa shape index (κ2) is 9.17. The predicted octanol–water partition coefficient (Wildman–Crippen LogP) is 3.90. The Morgan fingerprint density at radius 1 is 0.967 bits per heavy atom. The van der Waals surface area contributed by atoms with Crippen molar-refractivity contribution in [3.8, 4) is 5.75 Å². The molecule has 8 nitrogen and oxygen atoms in total. The van der Waals surface area contributed by atoms with Crippen LogP contribution in [0.25, 0.3) is 0 Å². The van der Waals surface area contributed by atoms with E-state index in [9.17, 15) is 9.50 Å². The van der Waals surface area contributed by atoms with Gasteiger partial charge in [0, 0.05) is 18.8 Å². The number of benzene rings is 2. The maximum atomic E-state index is 13.2. The van der Waals surface area contributed by atoms with E-state index in [4.69, 9.17) is 0 Å². The molecule has 0 unspecified atom stereocenters. The van der Waals surface area contributed by atoms with Crippen molar-refractivity contribution in [3.63, 3.8) is 0 Å². The van der Waals surface area contributed by atoms with Crippen molar-refractivity contribution >= 4 is 29.7 Å². The summed E-state index contributed by atoms with van der Waals surface area (Å²) in [5, 5.41) is 16.8. The Hall–Kier alpha value is -3.75. The third-order valence-corrected chi connectivity index (χ3v) is 4.61. The molecule has 1 saturated heterocycles. The Morgan fingerprint density at radius 2 is 1.73 bits per heavy atom. The van der Waals surface area contributed by atoms with Crippen LogP contribution in [0.2, 0.25) is 0 Å². The van der Waals surface area contributed by atoms with Crippen molar-refractivity contribution in [2.45, 2.75) is 19.3 Å². The first kappa shape index (κ1) is 19.6. The summed E-state index contributed by atoms with van der Waals surface area (Å²) >= 11 is 0. The third kappa shape index (κ3) is 5.19. The molecule has 0 bridgehead atoms. The van der Waals surface area contributed by atoms with Crippen LogP contribution in [0.5, 0.6) is 5.75 Å². The number of halogens is 1. The van der Waals surface area contributed by atoms with Gasteiger partial charge in [0.2, 0.25) is 17.8 Å². The normalized spacial score (nSPS) is 14.1. The van der Waals surface area contributed by atoms with E-state index in [-0.39, 0.29) is 17.5 Å². The summed E-state index contributed by atoms with van der Waals surface area (Å²) in [6.45, 7) is 1.76. The lowest BCUT2D eigenvalue weighted by molar-refractivity contribution is 0.475. The Bertz CT molecular complexity index is 1020. The number of hydrogen-bond donors (Lipinski definition) is 3. The fourth-order valence-corrected chi connectivity index (χ4v) is 3.14. The monoisotopic (exact) mass is 407 g/mol. The zero-order valence-electron chi connectivity index (χ0n) is 16.3. The molecule has 1 aliphatic rings. The van der Waals surface area contributed by atoms with Crippen LogP contribution < -0.4 is 15.6 Å². The van der Waals surface area contributed by atoms with E-state index in [1.165, 1.54) is 18.6 Å². The molecule has 2 heterocycles. The van der Waals surface area contributed by atoms with Gasteiger partial charge in [0.05, 0.1) is 6.21 Å². The number of piperidine rings is 1. The largest absolute Gasteiger partial charge is 0.508 e. The highest BCUT2D eigenvalue weighted by Crippen LogP contribution is 2.21. The molecule has 3 N–H and O–H groups in total. The zero-order chi connectivity index (χ0) is 20.8. The molecule has 154 valence electrons. The first-order valence-corrected chi connectivity index (χ1v) is 9.77. The highest BCUT2D eigenvalue weighted by Gasteiger charge is 2.16. The van der Waals surface area contributed by atoms with Gasteiger partial charge < -0.3 is 15.3 Å². The summed E-state index contributed by atoms with van der Waals surface area (Å²) in [5.74, 6) is 1.04. The van der Waals surface area contributed by atoms with Crippen molar-refractivity contribution in [3.05, 3.63) is 59.9 Å². The molecular weight excluding hydrogens is 385 g/mol. The van der Waals surface area contributed by atoms with Gasteiger partial charge in [0.15, 0.2) is 0 Å². The number of hydrazone groups is 1. The number of hydrogen-bond acceptors (Lipinski definition) is 8. The van der Waals surface area contributed by atoms with E-state index in [0.717, 1.165) is 31.5 Å². The summed E-state index contributed by atoms with van der Waals surface area (Å²) in [5.41, 5.74) is 4.23. The summed E-state index contributed by atoms with van der Waals surface area (Å²) < 4.78 is 13.2. The van der Waals surface area contributed by atoms with Crippen LogP contribution in [0, 0.1) is 5.82 Å². The SMILES string of the molecule is Oc1cccc(/C=N/Nc2nc(Nc3ccc(F)cc3)nc(N3CCCCC3)n2)c1. The van der Waals surface area contributed by atoms with Crippen LogP contribution in [0.4, 0.5) is 27.9 Å². The molecule has 0 spiro atoms. The molecular formula is C21H22FN7O. The molecule has 0 atom stereocenters. The highest BCUT2D eigenvalue weighted by molar-refractivity contribution is 5.80. The highest BCUT2D eigenvalue weighted by atomic mass is 19.1. The maximum Gasteiger partial charge on any atom is 0.250 e. The van der Waals surface area contributed by atoms with Crippen LogP contribution >= 0.6 is 0 Å². The molecule has 4 rings (SSSR count). The van der Waals surface area contributed by atoms with Gasteiger partial charge in [0.1, 0.15) is 11.6 Å². The molecule has 0 amide bonds. The topological polar surface area (TPSA) is 98.6 Å². The molecule has 0 saturated carbocycles. The quantitative estimate of drug-likeness (QED) is 0.421. The van der Waals surface area contributed by atoms with Crippen LogP contribution in [0.3, 0.4) is 0 Å². The minimum absolute atomic E-state index is 0.164. The zero-order valence-corrected chi connectivity index (χ0v) is 16.3. The van der Waals surface area contributed by atoms with E-state index in [1.54, 1.807) is 36.5 Å². The number of phenolic OH excluding ortho intramolecular Hbond substituents is 1. The number of rotatable bonds is 6. The molecule has 0 radical (unpaired) electrons. The molecule has 1 aliphatic heterocycles. The minimum atomic E-state index is -0.311. The van der Waals surface area contributed by atoms with Crippen LogP contribution in [0.15, 0.2) is 53.6 Å². The molecule has 0 aliphatic carbocycles. The van der Waals surface area contributed by atoms with Gasteiger partial charge in [-0.2, -0.15) is 20.1 Å². The van der Waals surface area contributed by atoms with Gasteiger partial charge in [-0.25, -0.2) is 9.82 Å². The first-order valence-electron chi connectivity index (χ1n) is 9.77. The minimum Gasteiger partial charge on any atom is -0.508 e. The number of nitrogens with one attached hydrogen (secondary N) is 2. The molecule has 30 heavy (non-hydrogen) atoms. The van der Waals surface area contributed by atoms with Gasteiger partial charge in [-0.1, -0.05) is 12.1 Å². The summed E-state index contributed by atoms with van der Waals surface area (Å²) in [7, 11) is 0. The van der Waals surface area contributed by atoms with Crippen molar-refractivity contribution < 1.29 is 9.50 Å². The third-order valence-electron chi connectivity index (χ3n) is 4.61. The second-order valence-corrected chi connectivity index (χ2v) is 6.93. The fourth-order valence-electron chi connectivity index (χ4n) is 3.14. The van der Waals surface area contributed by atoms with E-state index in [2.05, 4.69) is 35.7 Å². The second-order valence-electron chi connectivity index (χ2n) is 6.93. The lowest BCUT2D eigenvalue weighted by Crippen LogP contribution is -2.31. The Morgan fingerprint density at radius 3 is 2.50 bits per heavy atom. The number of aromatic hydroxyl groups is 1. The average Bonchev–Trinajstić information content (AvgIpc) is 2.76. The lowest BCUT2D eigenvalue weighted by atomic mass is 10.1. The Balaban J connectivity index is 1.56. The van der Waals surface area contributed by atoms with E-state index < -0.39 is 0 Å². The van der Waals surface area contributed by atoms with Gasteiger partial charge in [-0.05, 0) is 61.2 Å². The van der Waals surface area contributed by atoms with Crippen molar-refractivity contribution in [1.29, 1.82) is 0 Å². The molecule has 2 aromatic carbocycles. The maximum absolute atomic E-state index is 13.2. The van der Waals surface area contributed by atoms with E-state index >= 15 is 0 Å². The van der Waals surface area contributed by atoms with Gasteiger partial charge in [-0.15, -0.1) is 0 Å². The van der Waals surface area contributed by atoms with Crippen LogP contribution in [-0.2, 0) is 0 Å². The van der Waals surface area contributed by atoms with Gasteiger partial charge >= 0.3 is 0 Å². The van der Waals surface area contributed by atoms with Crippen molar-refractivity contribution in [2.75, 3.05) is 28.7 Å². The van der Waals surface area contributed by atoms with Crippen molar-refractivity contribution in [2.24, 2.45) is 5.10 Å². The smallest absolute Gasteiger partial charge is 0.250 e. The fraction of sp³-hybridized carbons (Fsp3) is 0.238. The standard InChI is InChI=1S/C21H22FN7O/c22-16-7-9-17(10-8-16)24-19-25-20(27-21(26-19)29-11-2-1-3-12-29)28-23-14-15-5-4-6-18(30)13-15/h4-10,13-14,30H,1-3,11-12H2,(H2,24,25,26,27,28)/b23-14+.